The Morgan fingerprint density at radius 1 is 1.00 bits per heavy atom. The molecule has 4 aliphatic carbocycles. The maximum absolute atomic E-state index is 11.7. The first-order valence-corrected chi connectivity index (χ1v) is 7.35. The fraction of sp³-hybridized carbons (Fsp3) is 0.857. The molecular weight excluding hydrogens is 242 g/mol. The summed E-state index contributed by atoms with van der Waals surface area (Å²) in [4.78, 5) is 22.7. The first kappa shape index (κ1) is 12.9. The van der Waals surface area contributed by atoms with Crippen LogP contribution in [-0.2, 0) is 9.59 Å². The Kier molecular flexibility index (Phi) is 3.25. The van der Waals surface area contributed by atoms with Gasteiger partial charge in [-0.3, -0.25) is 15.0 Å². The van der Waals surface area contributed by atoms with E-state index in [-0.39, 0.29) is 12.3 Å². The number of hydrogen-bond acceptors (Lipinski definition) is 3. The van der Waals surface area contributed by atoms with Crippen LogP contribution in [-0.4, -0.2) is 18.4 Å². The predicted octanol–water partition coefficient (Wildman–Crippen LogP) is 0.699. The van der Waals surface area contributed by atoms with Crippen LogP contribution >= 0.6 is 0 Å². The molecule has 0 aliphatic heterocycles. The van der Waals surface area contributed by atoms with E-state index in [4.69, 9.17) is 5.84 Å². The van der Waals surface area contributed by atoms with Crippen LogP contribution in [0.4, 0.5) is 0 Å². The summed E-state index contributed by atoms with van der Waals surface area (Å²) in [6.07, 6.45) is 7.85. The molecule has 4 saturated carbocycles. The van der Waals surface area contributed by atoms with Crippen molar-refractivity contribution in [2.75, 3.05) is 6.54 Å². The van der Waals surface area contributed by atoms with Crippen LogP contribution in [0.25, 0.3) is 0 Å². The molecule has 0 spiro atoms. The van der Waals surface area contributed by atoms with Crippen LogP contribution in [0.3, 0.4) is 0 Å². The monoisotopic (exact) mass is 265 g/mol. The fourth-order valence-corrected chi connectivity index (χ4v) is 5.05. The lowest BCUT2D eigenvalue weighted by molar-refractivity contribution is -0.130. The van der Waals surface area contributed by atoms with E-state index >= 15 is 0 Å². The summed E-state index contributed by atoms with van der Waals surface area (Å²) in [5.41, 5.74) is 2.31. The summed E-state index contributed by atoms with van der Waals surface area (Å²) in [6, 6.07) is 0. The summed E-state index contributed by atoms with van der Waals surface area (Å²) in [5.74, 6) is 7.00. The van der Waals surface area contributed by atoms with Crippen molar-refractivity contribution >= 4 is 11.8 Å². The number of hydrogen-bond donors (Lipinski definition) is 3. The molecule has 0 heterocycles. The summed E-state index contributed by atoms with van der Waals surface area (Å²) >= 11 is 0. The molecule has 5 nitrogen and oxygen atoms in total. The van der Waals surface area contributed by atoms with Gasteiger partial charge in [-0.05, 0) is 61.7 Å². The van der Waals surface area contributed by atoms with Gasteiger partial charge < -0.3 is 5.32 Å². The number of carbonyl (C=O) groups excluding carboxylic acids is 2. The van der Waals surface area contributed by atoms with E-state index < -0.39 is 5.91 Å². The van der Waals surface area contributed by atoms with Crippen molar-refractivity contribution < 1.29 is 9.59 Å². The molecule has 4 bridgehead atoms. The van der Waals surface area contributed by atoms with E-state index in [1.165, 1.54) is 38.5 Å². The Morgan fingerprint density at radius 2 is 1.53 bits per heavy atom. The maximum Gasteiger partial charge on any atom is 0.243 e. The van der Waals surface area contributed by atoms with Gasteiger partial charge in [-0.2, -0.15) is 0 Å². The first-order chi connectivity index (χ1) is 9.08. The Morgan fingerprint density at radius 3 is 2.00 bits per heavy atom. The lowest BCUT2D eigenvalue weighted by Gasteiger charge is -2.56. The lowest BCUT2D eigenvalue weighted by atomic mass is 9.49. The van der Waals surface area contributed by atoms with Crippen molar-refractivity contribution in [2.45, 2.75) is 44.9 Å². The number of amides is 2. The van der Waals surface area contributed by atoms with Crippen molar-refractivity contribution in [1.82, 2.24) is 10.7 Å². The molecule has 19 heavy (non-hydrogen) atoms. The SMILES string of the molecule is NNC(=O)CC(=O)NCC12CC3CC(CC(C3)C1)C2. The van der Waals surface area contributed by atoms with E-state index in [0.717, 1.165) is 24.3 Å². The Labute approximate surface area is 113 Å². The predicted molar refractivity (Wildman–Crippen MR) is 70.6 cm³/mol. The van der Waals surface area contributed by atoms with Gasteiger partial charge in [0.2, 0.25) is 11.8 Å². The van der Waals surface area contributed by atoms with E-state index in [1.54, 1.807) is 0 Å². The normalized spacial score (nSPS) is 39.1. The van der Waals surface area contributed by atoms with Gasteiger partial charge in [0.25, 0.3) is 0 Å². The Balaban J connectivity index is 1.55. The zero-order valence-electron chi connectivity index (χ0n) is 11.3. The van der Waals surface area contributed by atoms with Crippen LogP contribution in [0.1, 0.15) is 44.9 Å². The van der Waals surface area contributed by atoms with Crippen molar-refractivity contribution in [3.8, 4) is 0 Å². The molecule has 4 fully saturated rings. The van der Waals surface area contributed by atoms with Crippen molar-refractivity contribution in [3.63, 3.8) is 0 Å². The standard InChI is InChI=1S/C14H23N3O2/c15-17-13(19)4-12(18)16-8-14-5-9-1-10(6-14)3-11(2-9)7-14/h9-11H,1-8,15H2,(H,16,18)(H,17,19). The molecule has 0 aromatic heterocycles. The maximum atomic E-state index is 11.7. The van der Waals surface area contributed by atoms with Gasteiger partial charge in [-0.25, -0.2) is 5.84 Å². The van der Waals surface area contributed by atoms with Crippen LogP contribution < -0.4 is 16.6 Å². The van der Waals surface area contributed by atoms with Crippen LogP contribution in [0, 0.1) is 23.2 Å². The molecule has 5 heteroatoms. The van der Waals surface area contributed by atoms with E-state index in [0.29, 0.717) is 5.41 Å². The van der Waals surface area contributed by atoms with E-state index in [9.17, 15) is 9.59 Å². The summed E-state index contributed by atoms with van der Waals surface area (Å²) in [7, 11) is 0. The second-order valence-electron chi connectivity index (χ2n) is 6.94. The summed E-state index contributed by atoms with van der Waals surface area (Å²) in [6.45, 7) is 0.743. The molecule has 0 unspecified atom stereocenters. The van der Waals surface area contributed by atoms with Crippen molar-refractivity contribution in [3.05, 3.63) is 0 Å². The summed E-state index contributed by atoms with van der Waals surface area (Å²) < 4.78 is 0. The number of hydrazine groups is 1. The molecule has 106 valence electrons. The highest BCUT2D eigenvalue weighted by molar-refractivity contribution is 5.96. The third-order valence-corrected chi connectivity index (χ3v) is 5.31. The van der Waals surface area contributed by atoms with Crippen molar-refractivity contribution in [1.29, 1.82) is 0 Å². The zero-order valence-corrected chi connectivity index (χ0v) is 11.3. The second kappa shape index (κ2) is 4.78. The van der Waals surface area contributed by atoms with Gasteiger partial charge in [0.1, 0.15) is 6.42 Å². The fourth-order valence-electron chi connectivity index (χ4n) is 5.05. The minimum absolute atomic E-state index is 0.164. The smallest absolute Gasteiger partial charge is 0.243 e. The van der Waals surface area contributed by atoms with Gasteiger partial charge in [0.05, 0.1) is 0 Å². The minimum Gasteiger partial charge on any atom is -0.355 e. The third-order valence-electron chi connectivity index (χ3n) is 5.31. The molecule has 4 rings (SSSR count). The molecule has 2 amide bonds. The van der Waals surface area contributed by atoms with Gasteiger partial charge >= 0.3 is 0 Å². The average Bonchev–Trinajstić information content (AvgIpc) is 2.35. The van der Waals surface area contributed by atoms with Crippen LogP contribution in [0.15, 0.2) is 0 Å². The van der Waals surface area contributed by atoms with Gasteiger partial charge in [-0.15, -0.1) is 0 Å². The lowest BCUT2D eigenvalue weighted by Crippen LogP contribution is -2.51. The topological polar surface area (TPSA) is 84.2 Å². The molecule has 0 atom stereocenters. The Hall–Kier alpha value is -1.10. The third kappa shape index (κ3) is 2.61. The second-order valence-corrected chi connectivity index (χ2v) is 6.94. The van der Waals surface area contributed by atoms with Gasteiger partial charge in [-0.1, -0.05) is 0 Å². The first-order valence-electron chi connectivity index (χ1n) is 7.35. The highest BCUT2D eigenvalue weighted by atomic mass is 16.2. The Bertz CT molecular complexity index is 359. The van der Waals surface area contributed by atoms with Crippen molar-refractivity contribution in [2.24, 2.45) is 29.0 Å². The highest BCUT2D eigenvalue weighted by Crippen LogP contribution is 2.59. The van der Waals surface area contributed by atoms with Gasteiger partial charge in [0, 0.05) is 6.54 Å². The molecule has 4 N–H and O–H groups in total. The molecule has 0 radical (unpaired) electrons. The summed E-state index contributed by atoms with van der Waals surface area (Å²) in [5, 5.41) is 2.95. The molecule has 0 aromatic rings. The van der Waals surface area contributed by atoms with Gasteiger partial charge in [0.15, 0.2) is 0 Å². The van der Waals surface area contributed by atoms with E-state index in [1.807, 2.05) is 5.43 Å². The minimum atomic E-state index is -0.428. The largest absolute Gasteiger partial charge is 0.355 e. The molecule has 0 aromatic carbocycles. The average molecular weight is 265 g/mol. The van der Waals surface area contributed by atoms with Crippen LogP contribution in [0.5, 0.6) is 0 Å². The molecule has 4 aliphatic rings. The van der Waals surface area contributed by atoms with E-state index in [2.05, 4.69) is 5.32 Å². The molecular formula is C14H23N3O2. The van der Waals surface area contributed by atoms with Crippen LogP contribution in [0.2, 0.25) is 0 Å². The number of nitrogens with one attached hydrogen (secondary N) is 2. The highest BCUT2D eigenvalue weighted by Gasteiger charge is 2.50. The zero-order chi connectivity index (χ0) is 13.5. The molecule has 0 saturated heterocycles. The number of nitrogens with two attached hydrogens (primary N) is 1. The number of carbonyl (C=O) groups is 2. The number of rotatable bonds is 4. The quantitative estimate of drug-likeness (QED) is 0.303.